The second-order valence-corrected chi connectivity index (χ2v) is 0. The summed E-state index contributed by atoms with van der Waals surface area (Å²) >= 11 is 0. The Kier molecular flexibility index (Phi) is 141. The van der Waals surface area contributed by atoms with Crippen molar-refractivity contribution in [2.75, 3.05) is 0 Å². The Morgan fingerprint density at radius 1 is 1.00 bits per heavy atom. The van der Waals surface area contributed by atoms with Crippen molar-refractivity contribution in [3.63, 3.8) is 0 Å². The van der Waals surface area contributed by atoms with Gasteiger partial charge >= 0.3 is 23.1 Å². The average Bonchev–Trinajstić information content (AvgIpc) is 0. The molecular formula is H2FeMgNiTi. The first-order valence-corrected chi connectivity index (χ1v) is 0. The summed E-state index contributed by atoms with van der Waals surface area (Å²) in [6.45, 7) is 0. The van der Waals surface area contributed by atoms with Crippen LogP contribution in [-0.4, -0.2) is 23.1 Å². The normalized spacial score (nSPS) is 0. The van der Waals surface area contributed by atoms with Gasteiger partial charge in [0.1, 0.15) is 0 Å². The number of hydrogen-bond donors (Lipinski definition) is 0. The molecule has 0 aliphatic rings. The van der Waals surface area contributed by atoms with E-state index in [1.807, 2.05) is 0 Å². The Labute approximate surface area is 77.3 Å². The first-order chi connectivity index (χ1) is 0. The predicted octanol–water partition coefficient (Wildman–Crippen LogP) is -0.924. The fourth-order valence-corrected chi connectivity index (χ4v) is 0. The average molecular weight is 189 g/mol. The molecule has 0 radical (unpaired) electrons. The fraction of sp³-hybridized carbons (Fsp3) is 0. The summed E-state index contributed by atoms with van der Waals surface area (Å²) in [5.74, 6) is 0. The SMILES string of the molecule is [Fe].[MgH2].[Ni].[Ti]. The maximum Gasteiger partial charge on any atom is 0.316 e. The van der Waals surface area contributed by atoms with Crippen LogP contribution in [0.3, 0.4) is 0 Å². The summed E-state index contributed by atoms with van der Waals surface area (Å²) in [6.07, 6.45) is 0. The van der Waals surface area contributed by atoms with E-state index in [2.05, 4.69) is 0 Å². The molecule has 0 fully saturated rings. The molecule has 0 bridgehead atoms. The van der Waals surface area contributed by atoms with Crippen molar-refractivity contribution < 1.29 is 55.3 Å². The first kappa shape index (κ1) is 31.5. The van der Waals surface area contributed by atoms with Crippen LogP contribution in [0.15, 0.2) is 0 Å². The van der Waals surface area contributed by atoms with E-state index >= 15 is 0 Å². The van der Waals surface area contributed by atoms with Gasteiger partial charge in [-0.15, -0.1) is 0 Å². The largest absolute Gasteiger partial charge is 0.316 e. The molecule has 26 valence electrons. The molecule has 0 aromatic carbocycles. The Morgan fingerprint density at radius 2 is 1.00 bits per heavy atom. The molecule has 0 saturated heterocycles. The van der Waals surface area contributed by atoms with Crippen molar-refractivity contribution >= 4 is 23.1 Å². The zero-order valence-electron chi connectivity index (χ0n) is 1.17. The molecule has 0 aromatic rings. The van der Waals surface area contributed by atoms with Gasteiger partial charge in [-0.1, -0.05) is 0 Å². The molecule has 4 heavy (non-hydrogen) atoms. The van der Waals surface area contributed by atoms with Gasteiger partial charge in [-0.25, -0.2) is 0 Å². The zero-order valence-corrected chi connectivity index (χ0v) is 4.82. The van der Waals surface area contributed by atoms with Crippen LogP contribution in [0, 0.1) is 0 Å². The van der Waals surface area contributed by atoms with Gasteiger partial charge in [0.05, 0.1) is 0 Å². The summed E-state index contributed by atoms with van der Waals surface area (Å²) in [5, 5.41) is 0. The molecule has 0 nitrogen and oxygen atoms in total. The topological polar surface area (TPSA) is 0 Å². The van der Waals surface area contributed by atoms with E-state index in [9.17, 15) is 0 Å². The minimum absolute atomic E-state index is 0. The summed E-state index contributed by atoms with van der Waals surface area (Å²) in [7, 11) is 0. The molecule has 0 spiro atoms. The van der Waals surface area contributed by atoms with Crippen LogP contribution in [0.2, 0.25) is 0 Å². The summed E-state index contributed by atoms with van der Waals surface area (Å²) in [5.41, 5.74) is 0. The van der Waals surface area contributed by atoms with Gasteiger partial charge in [0.25, 0.3) is 0 Å². The van der Waals surface area contributed by atoms with E-state index in [-0.39, 0.29) is 78.3 Å². The monoisotopic (exact) mass is 188 g/mol. The zero-order chi connectivity index (χ0) is 0. The summed E-state index contributed by atoms with van der Waals surface area (Å²) in [4.78, 5) is 0. The van der Waals surface area contributed by atoms with Crippen molar-refractivity contribution in [1.82, 2.24) is 0 Å². The van der Waals surface area contributed by atoms with E-state index in [0.29, 0.717) is 0 Å². The van der Waals surface area contributed by atoms with Gasteiger partial charge in [0.15, 0.2) is 0 Å². The van der Waals surface area contributed by atoms with Crippen LogP contribution < -0.4 is 0 Å². The van der Waals surface area contributed by atoms with E-state index in [1.165, 1.54) is 0 Å². The van der Waals surface area contributed by atoms with Crippen molar-refractivity contribution in [3.05, 3.63) is 0 Å². The van der Waals surface area contributed by atoms with E-state index in [0.717, 1.165) is 0 Å². The van der Waals surface area contributed by atoms with Crippen molar-refractivity contribution in [2.24, 2.45) is 0 Å². The molecule has 4 heteroatoms. The summed E-state index contributed by atoms with van der Waals surface area (Å²) in [6, 6.07) is 0. The Hall–Kier alpha value is 2.49. The van der Waals surface area contributed by atoms with Crippen LogP contribution in [0.4, 0.5) is 0 Å². The molecule has 0 rings (SSSR count). The molecule has 0 atom stereocenters. The third kappa shape index (κ3) is 8.82. The Balaban J connectivity index is 0. The summed E-state index contributed by atoms with van der Waals surface area (Å²) < 4.78 is 0. The predicted molar refractivity (Wildman–Crippen MR) is 8.54 cm³/mol. The van der Waals surface area contributed by atoms with Crippen LogP contribution in [-0.2, 0) is 55.3 Å². The molecule has 0 heterocycles. The van der Waals surface area contributed by atoms with Gasteiger partial charge in [0, 0.05) is 55.3 Å². The minimum Gasteiger partial charge on any atom is 0 e. The molecule has 0 aliphatic carbocycles. The van der Waals surface area contributed by atoms with Gasteiger partial charge in [-0.3, -0.25) is 0 Å². The molecular weight excluding hydrogens is 187 g/mol. The van der Waals surface area contributed by atoms with Crippen LogP contribution in [0.25, 0.3) is 0 Å². The van der Waals surface area contributed by atoms with Gasteiger partial charge < -0.3 is 0 Å². The van der Waals surface area contributed by atoms with Crippen LogP contribution in [0.1, 0.15) is 0 Å². The van der Waals surface area contributed by atoms with Crippen LogP contribution in [0.5, 0.6) is 0 Å². The molecule has 0 aliphatic heterocycles. The third-order valence-electron chi connectivity index (χ3n) is 0. The van der Waals surface area contributed by atoms with Crippen molar-refractivity contribution in [2.45, 2.75) is 0 Å². The van der Waals surface area contributed by atoms with Gasteiger partial charge in [-0.2, -0.15) is 0 Å². The minimum atomic E-state index is 0. The smallest absolute Gasteiger partial charge is 0 e. The van der Waals surface area contributed by atoms with E-state index < -0.39 is 0 Å². The maximum atomic E-state index is 0. The fourth-order valence-electron chi connectivity index (χ4n) is 0. The molecule has 0 amide bonds. The second-order valence-electron chi connectivity index (χ2n) is 0. The van der Waals surface area contributed by atoms with E-state index in [4.69, 9.17) is 0 Å². The van der Waals surface area contributed by atoms with Crippen molar-refractivity contribution in [3.8, 4) is 0 Å². The standard InChI is InChI=1S/Fe.Mg.Ni.Ti.2H. The second kappa shape index (κ2) is 17.8. The third-order valence-corrected chi connectivity index (χ3v) is 0. The number of rotatable bonds is 0. The van der Waals surface area contributed by atoms with E-state index in [1.54, 1.807) is 0 Å². The van der Waals surface area contributed by atoms with Gasteiger partial charge in [-0.05, 0) is 0 Å². The molecule has 0 unspecified atom stereocenters. The first-order valence-electron chi connectivity index (χ1n) is 0. The maximum absolute atomic E-state index is 0. The van der Waals surface area contributed by atoms with Crippen LogP contribution >= 0.6 is 0 Å². The molecule has 0 saturated carbocycles. The molecule has 0 N–H and O–H groups in total. The Morgan fingerprint density at radius 3 is 1.00 bits per heavy atom. The Bertz CT molecular complexity index is 8.00. The van der Waals surface area contributed by atoms with Crippen molar-refractivity contribution in [1.29, 1.82) is 0 Å². The molecule has 0 aromatic heterocycles. The van der Waals surface area contributed by atoms with Gasteiger partial charge in [0.2, 0.25) is 0 Å². The number of hydrogen-bond acceptors (Lipinski definition) is 0. The quantitative estimate of drug-likeness (QED) is 0.432.